The molecule has 1 amide bonds. The number of likely N-dealkylation sites (N-methyl/N-ethyl adjacent to an activating group) is 1. The smallest absolute Gasteiger partial charge is 0.407 e. The quantitative estimate of drug-likeness (QED) is 0.601. The molecule has 0 unspecified atom stereocenters. The number of unbranched alkanes of at least 4 members (excludes halogenated alkanes) is 1. The highest BCUT2D eigenvalue weighted by Gasteiger charge is 2.02. The molecule has 0 saturated carbocycles. The lowest BCUT2D eigenvalue weighted by Crippen LogP contribution is -2.30. The third-order valence-electron chi connectivity index (χ3n) is 3.45. The Morgan fingerprint density at radius 1 is 1.13 bits per heavy atom. The summed E-state index contributed by atoms with van der Waals surface area (Å²) in [6.45, 7) is 6.37. The van der Waals surface area contributed by atoms with Crippen molar-refractivity contribution in [1.29, 1.82) is 0 Å². The van der Waals surface area contributed by atoms with Gasteiger partial charge in [0.05, 0.1) is 19.8 Å². The maximum Gasteiger partial charge on any atom is 0.407 e. The van der Waals surface area contributed by atoms with Gasteiger partial charge >= 0.3 is 6.09 Å². The summed E-state index contributed by atoms with van der Waals surface area (Å²) in [6.07, 6.45) is 2.54. The van der Waals surface area contributed by atoms with E-state index in [1.54, 1.807) is 0 Å². The van der Waals surface area contributed by atoms with Crippen LogP contribution in [0.25, 0.3) is 0 Å². The molecule has 0 aliphatic carbocycles. The molecule has 0 atom stereocenters. The van der Waals surface area contributed by atoms with Crippen LogP contribution in [-0.4, -0.2) is 50.9 Å². The average molecular weight is 322 g/mol. The highest BCUT2D eigenvalue weighted by Crippen LogP contribution is 2.00. The van der Waals surface area contributed by atoms with Gasteiger partial charge in [-0.05, 0) is 32.0 Å². The summed E-state index contributed by atoms with van der Waals surface area (Å²) >= 11 is 0. The number of amides is 1. The predicted octanol–water partition coefficient (Wildman–Crippen LogP) is 3.05. The Bertz CT molecular complexity index is 412. The molecule has 5 nitrogen and oxygen atoms in total. The molecule has 0 aromatic heterocycles. The van der Waals surface area contributed by atoms with Gasteiger partial charge in [-0.25, -0.2) is 4.79 Å². The molecule has 5 heteroatoms. The SMILES string of the molecule is CCCCOC(=O)NCCCN(C)CCOCc1ccccc1. The Morgan fingerprint density at radius 2 is 1.91 bits per heavy atom. The fourth-order valence-electron chi connectivity index (χ4n) is 2.00. The maximum absolute atomic E-state index is 11.3. The minimum absolute atomic E-state index is 0.313. The van der Waals surface area contributed by atoms with E-state index in [0.717, 1.165) is 32.4 Å². The zero-order valence-corrected chi connectivity index (χ0v) is 14.4. The van der Waals surface area contributed by atoms with Crippen molar-refractivity contribution in [2.75, 3.05) is 39.9 Å². The van der Waals surface area contributed by atoms with Gasteiger partial charge < -0.3 is 19.7 Å². The van der Waals surface area contributed by atoms with E-state index in [4.69, 9.17) is 9.47 Å². The van der Waals surface area contributed by atoms with E-state index in [-0.39, 0.29) is 6.09 Å². The Balaban J connectivity index is 1.94. The molecule has 0 radical (unpaired) electrons. The molecule has 0 fully saturated rings. The summed E-state index contributed by atoms with van der Waals surface area (Å²) in [4.78, 5) is 13.5. The second kappa shape index (κ2) is 12.9. The molecule has 0 aliphatic rings. The molecule has 130 valence electrons. The largest absolute Gasteiger partial charge is 0.450 e. The number of hydrogen-bond donors (Lipinski definition) is 1. The van der Waals surface area contributed by atoms with Crippen LogP contribution in [0.3, 0.4) is 0 Å². The average Bonchev–Trinajstić information content (AvgIpc) is 2.57. The molecule has 0 saturated heterocycles. The first-order valence-electron chi connectivity index (χ1n) is 8.43. The Hall–Kier alpha value is -1.59. The van der Waals surface area contributed by atoms with Crippen LogP contribution in [0.1, 0.15) is 31.7 Å². The number of rotatable bonds is 12. The maximum atomic E-state index is 11.3. The van der Waals surface area contributed by atoms with Crippen LogP contribution < -0.4 is 5.32 Å². The van der Waals surface area contributed by atoms with Gasteiger partial charge in [-0.2, -0.15) is 0 Å². The lowest BCUT2D eigenvalue weighted by molar-refractivity contribution is 0.0991. The van der Waals surface area contributed by atoms with Gasteiger partial charge in [0.25, 0.3) is 0 Å². The first-order valence-corrected chi connectivity index (χ1v) is 8.43. The summed E-state index contributed by atoms with van der Waals surface area (Å²) < 4.78 is 10.7. The summed E-state index contributed by atoms with van der Waals surface area (Å²) in [6, 6.07) is 10.2. The van der Waals surface area contributed by atoms with Crippen molar-refractivity contribution in [3.05, 3.63) is 35.9 Å². The van der Waals surface area contributed by atoms with Crippen molar-refractivity contribution >= 4 is 6.09 Å². The van der Waals surface area contributed by atoms with E-state index in [0.29, 0.717) is 26.4 Å². The first kappa shape index (κ1) is 19.5. The van der Waals surface area contributed by atoms with Crippen molar-refractivity contribution in [1.82, 2.24) is 10.2 Å². The minimum Gasteiger partial charge on any atom is -0.450 e. The summed E-state index contributed by atoms with van der Waals surface area (Å²) in [7, 11) is 2.06. The lowest BCUT2D eigenvalue weighted by Gasteiger charge is -2.16. The summed E-state index contributed by atoms with van der Waals surface area (Å²) in [5.41, 5.74) is 1.20. The molecule has 1 aromatic rings. The van der Waals surface area contributed by atoms with Crippen molar-refractivity contribution in [3.63, 3.8) is 0 Å². The summed E-state index contributed by atoms with van der Waals surface area (Å²) in [5, 5.41) is 2.77. The van der Waals surface area contributed by atoms with E-state index in [1.807, 2.05) is 18.2 Å². The van der Waals surface area contributed by atoms with Gasteiger partial charge in [-0.3, -0.25) is 0 Å². The molecule has 1 aromatic carbocycles. The molecule has 0 spiro atoms. The summed E-state index contributed by atoms with van der Waals surface area (Å²) in [5.74, 6) is 0. The van der Waals surface area contributed by atoms with Crippen molar-refractivity contribution in [2.24, 2.45) is 0 Å². The van der Waals surface area contributed by atoms with Gasteiger partial charge in [0.1, 0.15) is 0 Å². The van der Waals surface area contributed by atoms with Gasteiger partial charge in [0, 0.05) is 13.1 Å². The Kier molecular flexibility index (Phi) is 10.9. The molecular formula is C18H30N2O3. The topological polar surface area (TPSA) is 50.8 Å². The van der Waals surface area contributed by atoms with Crippen molar-refractivity contribution < 1.29 is 14.3 Å². The van der Waals surface area contributed by atoms with E-state index in [2.05, 4.69) is 36.3 Å². The van der Waals surface area contributed by atoms with Crippen molar-refractivity contribution in [3.8, 4) is 0 Å². The van der Waals surface area contributed by atoms with Crippen LogP contribution in [0, 0.1) is 0 Å². The molecule has 0 aliphatic heterocycles. The van der Waals surface area contributed by atoms with E-state index >= 15 is 0 Å². The molecule has 1 N–H and O–H groups in total. The zero-order valence-electron chi connectivity index (χ0n) is 14.4. The standard InChI is InChI=1S/C18H30N2O3/c1-3-4-14-23-18(21)19-11-8-12-20(2)13-15-22-16-17-9-6-5-7-10-17/h5-7,9-10H,3-4,8,11-16H2,1-2H3,(H,19,21). The highest BCUT2D eigenvalue weighted by molar-refractivity contribution is 5.66. The number of benzene rings is 1. The van der Waals surface area contributed by atoms with E-state index < -0.39 is 0 Å². The van der Waals surface area contributed by atoms with E-state index in [1.165, 1.54) is 5.56 Å². The molecular weight excluding hydrogens is 292 g/mol. The van der Waals surface area contributed by atoms with Crippen molar-refractivity contribution in [2.45, 2.75) is 32.8 Å². The molecule has 0 bridgehead atoms. The molecule has 23 heavy (non-hydrogen) atoms. The van der Waals surface area contributed by atoms with Gasteiger partial charge in [0.15, 0.2) is 0 Å². The number of alkyl carbamates (subject to hydrolysis) is 1. The normalized spacial score (nSPS) is 10.7. The van der Waals surface area contributed by atoms with Crippen LogP contribution in [0.15, 0.2) is 30.3 Å². The Morgan fingerprint density at radius 3 is 2.65 bits per heavy atom. The third-order valence-corrected chi connectivity index (χ3v) is 3.45. The van der Waals surface area contributed by atoms with Gasteiger partial charge in [0.2, 0.25) is 0 Å². The fourth-order valence-corrected chi connectivity index (χ4v) is 2.00. The number of nitrogens with zero attached hydrogens (tertiary/aromatic N) is 1. The number of carbonyl (C=O) groups excluding carboxylic acids is 1. The number of nitrogens with one attached hydrogen (secondary N) is 1. The molecule has 0 heterocycles. The van der Waals surface area contributed by atoms with Crippen LogP contribution >= 0.6 is 0 Å². The van der Waals surface area contributed by atoms with Crippen LogP contribution in [-0.2, 0) is 16.1 Å². The van der Waals surface area contributed by atoms with Gasteiger partial charge in [-0.1, -0.05) is 43.7 Å². The first-order chi connectivity index (χ1) is 11.2. The van der Waals surface area contributed by atoms with Crippen LogP contribution in [0.2, 0.25) is 0 Å². The number of ether oxygens (including phenoxy) is 2. The Labute approximate surface area is 140 Å². The monoisotopic (exact) mass is 322 g/mol. The van der Waals surface area contributed by atoms with Crippen LogP contribution in [0.5, 0.6) is 0 Å². The number of carbonyl (C=O) groups is 1. The third kappa shape index (κ3) is 10.7. The second-order valence-electron chi connectivity index (χ2n) is 5.61. The lowest BCUT2D eigenvalue weighted by atomic mass is 10.2. The predicted molar refractivity (Wildman–Crippen MR) is 92.5 cm³/mol. The molecule has 1 rings (SSSR count). The second-order valence-corrected chi connectivity index (χ2v) is 5.61. The van der Waals surface area contributed by atoms with Crippen LogP contribution in [0.4, 0.5) is 4.79 Å². The number of hydrogen-bond acceptors (Lipinski definition) is 4. The zero-order chi connectivity index (χ0) is 16.8. The van der Waals surface area contributed by atoms with Gasteiger partial charge in [-0.15, -0.1) is 0 Å². The minimum atomic E-state index is -0.313. The van der Waals surface area contributed by atoms with E-state index in [9.17, 15) is 4.79 Å². The highest BCUT2D eigenvalue weighted by atomic mass is 16.5. The fraction of sp³-hybridized carbons (Fsp3) is 0.611.